The topological polar surface area (TPSA) is 17.3 Å². The Morgan fingerprint density at radius 1 is 1.17 bits per heavy atom. The summed E-state index contributed by atoms with van der Waals surface area (Å²) in [6, 6.07) is 4.35. The summed E-state index contributed by atoms with van der Waals surface area (Å²) in [5.41, 5.74) is 2.64. The van der Waals surface area contributed by atoms with E-state index in [1.54, 1.807) is 4.88 Å². The van der Waals surface area contributed by atoms with Gasteiger partial charge in [0.15, 0.2) is 4.96 Å². The van der Waals surface area contributed by atoms with Crippen LogP contribution in [0.5, 0.6) is 0 Å². The predicted molar refractivity (Wildman–Crippen MR) is 77.8 cm³/mol. The van der Waals surface area contributed by atoms with Crippen molar-refractivity contribution in [1.29, 1.82) is 0 Å². The predicted octanol–water partition coefficient (Wildman–Crippen LogP) is 4.31. The maximum absolute atomic E-state index is 4.79. The lowest BCUT2D eigenvalue weighted by atomic mass is 10.0. The summed E-state index contributed by atoms with van der Waals surface area (Å²) < 4.78 is 2.32. The highest BCUT2D eigenvalue weighted by Crippen LogP contribution is 2.33. The van der Waals surface area contributed by atoms with Crippen LogP contribution in [0.2, 0.25) is 0 Å². The van der Waals surface area contributed by atoms with Crippen molar-refractivity contribution < 1.29 is 0 Å². The summed E-state index contributed by atoms with van der Waals surface area (Å²) in [5, 5.41) is 0. The van der Waals surface area contributed by atoms with Crippen LogP contribution in [0.15, 0.2) is 18.3 Å². The molecule has 0 aliphatic heterocycles. The van der Waals surface area contributed by atoms with Gasteiger partial charge < -0.3 is 0 Å². The minimum atomic E-state index is 1.13. The van der Waals surface area contributed by atoms with Gasteiger partial charge in [-0.2, -0.15) is 0 Å². The second kappa shape index (κ2) is 3.93. The molecule has 0 saturated heterocycles. The van der Waals surface area contributed by atoms with Crippen LogP contribution in [0.4, 0.5) is 0 Å². The molecule has 2 nitrogen and oxygen atoms in total. The Morgan fingerprint density at radius 2 is 2.06 bits per heavy atom. The number of rotatable bonds is 1. The minimum absolute atomic E-state index is 1.13. The third kappa shape index (κ3) is 1.56. The van der Waals surface area contributed by atoms with E-state index in [1.165, 1.54) is 46.1 Å². The van der Waals surface area contributed by atoms with Crippen molar-refractivity contribution in [1.82, 2.24) is 9.38 Å². The molecule has 0 fully saturated rings. The zero-order chi connectivity index (χ0) is 12.1. The molecular weight excluding hydrogens is 260 g/mol. The number of nitrogens with zero attached hydrogens (tertiary/aromatic N) is 2. The Labute approximate surface area is 114 Å². The van der Waals surface area contributed by atoms with Gasteiger partial charge in [-0.25, -0.2) is 4.98 Å². The van der Waals surface area contributed by atoms with Crippen LogP contribution in [-0.4, -0.2) is 9.38 Å². The van der Waals surface area contributed by atoms with Crippen molar-refractivity contribution in [2.45, 2.75) is 32.6 Å². The van der Waals surface area contributed by atoms with Crippen molar-refractivity contribution in [3.63, 3.8) is 0 Å². The molecule has 0 bridgehead atoms. The van der Waals surface area contributed by atoms with Gasteiger partial charge in [-0.3, -0.25) is 4.40 Å². The molecule has 4 rings (SSSR count). The molecule has 3 aromatic heterocycles. The number of aromatic nitrogens is 2. The number of aryl methyl sites for hydroxylation is 3. The lowest BCUT2D eigenvalue weighted by Crippen LogP contribution is -2.01. The molecule has 0 saturated carbocycles. The minimum Gasteiger partial charge on any atom is -0.294 e. The fourth-order valence-electron chi connectivity index (χ4n) is 2.66. The van der Waals surface area contributed by atoms with Crippen molar-refractivity contribution >= 4 is 27.6 Å². The van der Waals surface area contributed by atoms with Gasteiger partial charge in [0.05, 0.1) is 4.88 Å². The summed E-state index contributed by atoms with van der Waals surface area (Å²) in [5.74, 6) is 0. The molecular formula is C14H14N2S2. The molecule has 0 aromatic carbocycles. The first-order valence-electron chi connectivity index (χ1n) is 6.38. The van der Waals surface area contributed by atoms with Crippen molar-refractivity contribution in [2.24, 2.45) is 0 Å². The smallest absolute Gasteiger partial charge is 0.194 e. The quantitative estimate of drug-likeness (QED) is 0.646. The summed E-state index contributed by atoms with van der Waals surface area (Å²) in [6.45, 7) is 2.15. The number of thiazole rings is 1. The van der Waals surface area contributed by atoms with E-state index in [4.69, 9.17) is 4.98 Å². The van der Waals surface area contributed by atoms with Crippen molar-refractivity contribution in [3.05, 3.63) is 33.8 Å². The molecule has 1 aliphatic carbocycles. The number of fused-ring (bicyclic) bond motifs is 3. The molecule has 18 heavy (non-hydrogen) atoms. The fraction of sp³-hybridized carbons (Fsp3) is 0.357. The first-order valence-corrected chi connectivity index (χ1v) is 8.01. The third-order valence-corrected chi connectivity index (χ3v) is 5.74. The third-order valence-electron chi connectivity index (χ3n) is 3.56. The second-order valence-corrected chi connectivity index (χ2v) is 7.22. The van der Waals surface area contributed by atoms with E-state index in [0.29, 0.717) is 0 Å². The summed E-state index contributed by atoms with van der Waals surface area (Å²) in [6.07, 6.45) is 7.35. The van der Waals surface area contributed by atoms with E-state index in [9.17, 15) is 0 Å². The van der Waals surface area contributed by atoms with E-state index in [-0.39, 0.29) is 0 Å². The van der Waals surface area contributed by atoms with Gasteiger partial charge >= 0.3 is 0 Å². The highest BCUT2D eigenvalue weighted by Gasteiger charge is 2.18. The number of thiophene rings is 1. The van der Waals surface area contributed by atoms with Crippen LogP contribution < -0.4 is 0 Å². The van der Waals surface area contributed by atoms with E-state index in [1.807, 2.05) is 22.7 Å². The molecule has 0 N–H and O–H groups in total. The van der Waals surface area contributed by atoms with Crippen LogP contribution in [0.3, 0.4) is 0 Å². The Bertz CT molecular complexity index is 717. The lowest BCUT2D eigenvalue weighted by Gasteiger charge is -2.09. The normalized spacial score (nSPS) is 15.2. The maximum Gasteiger partial charge on any atom is 0.194 e. The van der Waals surface area contributed by atoms with E-state index in [2.05, 4.69) is 29.7 Å². The van der Waals surface area contributed by atoms with Gasteiger partial charge in [-0.05, 0) is 44.7 Å². The second-order valence-electron chi connectivity index (χ2n) is 4.87. The fourth-order valence-corrected chi connectivity index (χ4v) is 4.67. The van der Waals surface area contributed by atoms with E-state index >= 15 is 0 Å². The standard InChI is InChI=1S/C14H14N2S2/c1-9-6-7-12(17-9)10-8-16-11-4-2-3-5-13(11)18-14(16)15-10/h6-8H,2-5H2,1H3. The first kappa shape index (κ1) is 10.8. The zero-order valence-corrected chi connectivity index (χ0v) is 11.9. The van der Waals surface area contributed by atoms with Crippen molar-refractivity contribution in [2.75, 3.05) is 0 Å². The SMILES string of the molecule is Cc1ccc(-c2cn3c4c(sc3n2)CCCC4)s1. The molecule has 4 heteroatoms. The molecule has 92 valence electrons. The van der Waals surface area contributed by atoms with Crippen LogP contribution >= 0.6 is 22.7 Å². The summed E-state index contributed by atoms with van der Waals surface area (Å²) in [4.78, 5) is 10.2. The number of hydrogen-bond donors (Lipinski definition) is 0. The van der Waals surface area contributed by atoms with Crippen LogP contribution in [0, 0.1) is 6.92 Å². The van der Waals surface area contributed by atoms with E-state index in [0.717, 1.165) is 5.69 Å². The zero-order valence-electron chi connectivity index (χ0n) is 10.3. The first-order chi connectivity index (χ1) is 8.81. The van der Waals surface area contributed by atoms with Crippen LogP contribution in [0.25, 0.3) is 15.5 Å². The lowest BCUT2D eigenvalue weighted by molar-refractivity contribution is 0.674. The monoisotopic (exact) mass is 274 g/mol. The maximum atomic E-state index is 4.79. The molecule has 0 atom stereocenters. The average Bonchev–Trinajstić information content (AvgIpc) is 3.01. The van der Waals surface area contributed by atoms with E-state index < -0.39 is 0 Å². The summed E-state index contributed by atoms with van der Waals surface area (Å²) in [7, 11) is 0. The molecule has 0 radical (unpaired) electrons. The largest absolute Gasteiger partial charge is 0.294 e. The average molecular weight is 274 g/mol. The number of imidazole rings is 1. The Morgan fingerprint density at radius 3 is 2.89 bits per heavy atom. The van der Waals surface area contributed by atoms with Crippen LogP contribution in [0.1, 0.15) is 28.3 Å². The molecule has 0 amide bonds. The molecule has 1 aliphatic rings. The van der Waals surface area contributed by atoms with Crippen molar-refractivity contribution in [3.8, 4) is 10.6 Å². The Hall–Kier alpha value is -1.13. The van der Waals surface area contributed by atoms with Gasteiger partial charge in [0.2, 0.25) is 0 Å². The summed E-state index contributed by atoms with van der Waals surface area (Å²) >= 11 is 3.70. The highest BCUT2D eigenvalue weighted by atomic mass is 32.1. The van der Waals surface area contributed by atoms with Gasteiger partial charge in [0.1, 0.15) is 5.69 Å². The van der Waals surface area contributed by atoms with Crippen LogP contribution in [-0.2, 0) is 12.8 Å². The van der Waals surface area contributed by atoms with Gasteiger partial charge in [0, 0.05) is 21.6 Å². The van der Waals surface area contributed by atoms with Gasteiger partial charge in [-0.15, -0.1) is 22.7 Å². The highest BCUT2D eigenvalue weighted by molar-refractivity contribution is 7.17. The Balaban J connectivity index is 1.87. The number of hydrogen-bond acceptors (Lipinski definition) is 3. The molecule has 0 spiro atoms. The molecule has 0 unspecified atom stereocenters. The Kier molecular flexibility index (Phi) is 2.35. The van der Waals surface area contributed by atoms with Gasteiger partial charge in [-0.1, -0.05) is 0 Å². The molecule has 3 heterocycles. The van der Waals surface area contributed by atoms with Gasteiger partial charge in [0.25, 0.3) is 0 Å². The molecule has 3 aromatic rings.